The molecule has 1 unspecified atom stereocenters. The van der Waals surface area contributed by atoms with Gasteiger partial charge in [-0.3, -0.25) is 4.79 Å². The molecular weight excluding hydrogens is 366 g/mol. The SMILES string of the molecule is COc1cc(CCC(=O)N2CCCC2CCc2ccccc2)cc(OC)c1OC. The molecule has 0 spiro atoms. The lowest BCUT2D eigenvalue weighted by Crippen LogP contribution is -2.35. The number of amides is 1. The number of carbonyl (C=O) groups is 1. The van der Waals surface area contributed by atoms with Gasteiger partial charge in [-0.05, 0) is 55.4 Å². The molecule has 1 heterocycles. The van der Waals surface area contributed by atoms with Gasteiger partial charge in [0.05, 0.1) is 21.3 Å². The molecule has 0 bridgehead atoms. The Kier molecular flexibility index (Phi) is 7.39. The molecular formula is C24H31NO4. The molecule has 1 aliphatic rings. The minimum Gasteiger partial charge on any atom is -0.493 e. The van der Waals surface area contributed by atoms with Crippen LogP contribution in [0.25, 0.3) is 0 Å². The highest BCUT2D eigenvalue weighted by atomic mass is 16.5. The third kappa shape index (κ3) is 5.22. The smallest absolute Gasteiger partial charge is 0.223 e. The van der Waals surface area contributed by atoms with Gasteiger partial charge in [-0.25, -0.2) is 0 Å². The summed E-state index contributed by atoms with van der Waals surface area (Å²) in [5.74, 6) is 2.05. The normalized spacial score (nSPS) is 16.0. The van der Waals surface area contributed by atoms with Gasteiger partial charge in [0.2, 0.25) is 11.7 Å². The van der Waals surface area contributed by atoms with Gasteiger partial charge in [0.1, 0.15) is 0 Å². The summed E-state index contributed by atoms with van der Waals surface area (Å²) in [6.07, 6.45) is 5.37. The van der Waals surface area contributed by atoms with Crippen molar-refractivity contribution >= 4 is 5.91 Å². The second-order valence-electron chi connectivity index (χ2n) is 7.44. The zero-order valence-electron chi connectivity index (χ0n) is 17.6. The van der Waals surface area contributed by atoms with Crippen LogP contribution in [0.5, 0.6) is 17.2 Å². The van der Waals surface area contributed by atoms with Crippen LogP contribution in [-0.4, -0.2) is 44.7 Å². The molecule has 5 nitrogen and oxygen atoms in total. The van der Waals surface area contributed by atoms with E-state index in [0.29, 0.717) is 36.1 Å². The molecule has 1 aliphatic heterocycles. The molecule has 2 aromatic rings. The third-order valence-electron chi connectivity index (χ3n) is 5.66. The summed E-state index contributed by atoms with van der Waals surface area (Å²) in [4.78, 5) is 15.0. The Morgan fingerprint density at radius 1 is 0.966 bits per heavy atom. The molecule has 5 heteroatoms. The number of hydrogen-bond acceptors (Lipinski definition) is 4. The Labute approximate surface area is 173 Å². The van der Waals surface area contributed by atoms with Crippen molar-refractivity contribution in [1.29, 1.82) is 0 Å². The van der Waals surface area contributed by atoms with E-state index in [2.05, 4.69) is 29.2 Å². The molecule has 2 aromatic carbocycles. The lowest BCUT2D eigenvalue weighted by Gasteiger charge is -2.25. The second-order valence-corrected chi connectivity index (χ2v) is 7.44. The van der Waals surface area contributed by atoms with E-state index >= 15 is 0 Å². The van der Waals surface area contributed by atoms with Crippen LogP contribution >= 0.6 is 0 Å². The van der Waals surface area contributed by atoms with Crippen molar-refractivity contribution in [2.45, 2.75) is 44.6 Å². The molecule has 156 valence electrons. The lowest BCUT2D eigenvalue weighted by atomic mass is 10.0. The molecule has 0 aliphatic carbocycles. The number of likely N-dealkylation sites (tertiary alicyclic amines) is 1. The van der Waals surface area contributed by atoms with E-state index in [-0.39, 0.29) is 5.91 Å². The highest BCUT2D eigenvalue weighted by Crippen LogP contribution is 2.38. The van der Waals surface area contributed by atoms with Crippen molar-refractivity contribution in [2.75, 3.05) is 27.9 Å². The zero-order chi connectivity index (χ0) is 20.6. The number of ether oxygens (including phenoxy) is 3. The molecule has 0 radical (unpaired) electrons. The van der Waals surface area contributed by atoms with E-state index in [1.165, 1.54) is 5.56 Å². The summed E-state index contributed by atoms with van der Waals surface area (Å²) >= 11 is 0. The van der Waals surface area contributed by atoms with Crippen LogP contribution in [0.4, 0.5) is 0 Å². The fraction of sp³-hybridized carbons (Fsp3) is 0.458. The molecule has 0 saturated carbocycles. The Bertz CT molecular complexity index is 781. The van der Waals surface area contributed by atoms with E-state index in [0.717, 1.165) is 37.8 Å². The van der Waals surface area contributed by atoms with Crippen molar-refractivity contribution in [3.8, 4) is 17.2 Å². The molecule has 1 atom stereocenters. The standard InChI is InChI=1S/C24H31NO4/c1-27-21-16-19(17-22(28-2)24(21)29-3)12-14-23(26)25-15-7-10-20(25)13-11-18-8-5-4-6-9-18/h4-6,8-9,16-17,20H,7,10-15H2,1-3H3. The van der Waals surface area contributed by atoms with E-state index in [1.54, 1.807) is 21.3 Å². The summed E-state index contributed by atoms with van der Waals surface area (Å²) in [5, 5.41) is 0. The van der Waals surface area contributed by atoms with E-state index in [9.17, 15) is 4.79 Å². The van der Waals surface area contributed by atoms with Gasteiger partial charge in [-0.1, -0.05) is 30.3 Å². The van der Waals surface area contributed by atoms with E-state index in [1.807, 2.05) is 18.2 Å². The van der Waals surface area contributed by atoms with Gasteiger partial charge >= 0.3 is 0 Å². The van der Waals surface area contributed by atoms with Gasteiger partial charge in [0.15, 0.2) is 11.5 Å². The number of carbonyl (C=O) groups excluding carboxylic acids is 1. The number of benzene rings is 2. The fourth-order valence-corrected chi connectivity index (χ4v) is 4.12. The van der Waals surface area contributed by atoms with Crippen LogP contribution in [0.3, 0.4) is 0 Å². The average molecular weight is 398 g/mol. The van der Waals surface area contributed by atoms with Crippen LogP contribution in [0, 0.1) is 0 Å². The van der Waals surface area contributed by atoms with Crippen LogP contribution in [0.2, 0.25) is 0 Å². The van der Waals surface area contributed by atoms with Crippen LogP contribution in [0.15, 0.2) is 42.5 Å². The average Bonchev–Trinajstić information content (AvgIpc) is 3.24. The molecule has 0 N–H and O–H groups in total. The zero-order valence-corrected chi connectivity index (χ0v) is 17.6. The maximum Gasteiger partial charge on any atom is 0.223 e. The highest BCUT2D eigenvalue weighted by Gasteiger charge is 2.28. The Morgan fingerprint density at radius 3 is 2.28 bits per heavy atom. The van der Waals surface area contributed by atoms with Crippen molar-refractivity contribution < 1.29 is 19.0 Å². The summed E-state index contributed by atoms with van der Waals surface area (Å²) in [7, 11) is 4.80. The summed E-state index contributed by atoms with van der Waals surface area (Å²) in [5.41, 5.74) is 2.34. The number of hydrogen-bond donors (Lipinski definition) is 0. The molecule has 1 fully saturated rings. The van der Waals surface area contributed by atoms with E-state index < -0.39 is 0 Å². The predicted molar refractivity (Wildman–Crippen MR) is 114 cm³/mol. The van der Waals surface area contributed by atoms with Crippen molar-refractivity contribution in [2.24, 2.45) is 0 Å². The first-order chi connectivity index (χ1) is 14.2. The molecule has 1 saturated heterocycles. The summed E-state index contributed by atoms with van der Waals surface area (Å²) in [6.45, 7) is 0.869. The van der Waals surface area contributed by atoms with Crippen molar-refractivity contribution in [3.05, 3.63) is 53.6 Å². The van der Waals surface area contributed by atoms with Gasteiger partial charge in [-0.2, -0.15) is 0 Å². The van der Waals surface area contributed by atoms with Crippen LogP contribution in [0.1, 0.15) is 36.8 Å². The van der Waals surface area contributed by atoms with Crippen LogP contribution < -0.4 is 14.2 Å². The minimum atomic E-state index is 0.231. The second kappa shape index (κ2) is 10.2. The molecule has 29 heavy (non-hydrogen) atoms. The van der Waals surface area contributed by atoms with Crippen molar-refractivity contribution in [1.82, 2.24) is 4.90 Å². The first-order valence-corrected chi connectivity index (χ1v) is 10.3. The monoisotopic (exact) mass is 397 g/mol. The quantitative estimate of drug-likeness (QED) is 0.634. The Morgan fingerprint density at radius 2 is 1.66 bits per heavy atom. The Balaban J connectivity index is 1.59. The van der Waals surface area contributed by atoms with Gasteiger partial charge < -0.3 is 19.1 Å². The fourth-order valence-electron chi connectivity index (χ4n) is 4.12. The minimum absolute atomic E-state index is 0.231. The molecule has 0 aromatic heterocycles. The largest absolute Gasteiger partial charge is 0.493 e. The molecule has 3 rings (SSSR count). The number of rotatable bonds is 9. The first-order valence-electron chi connectivity index (χ1n) is 10.3. The molecule has 1 amide bonds. The Hall–Kier alpha value is -2.69. The topological polar surface area (TPSA) is 48.0 Å². The predicted octanol–water partition coefficient (Wildman–Crippen LogP) is 4.27. The van der Waals surface area contributed by atoms with Gasteiger partial charge in [0, 0.05) is 19.0 Å². The van der Waals surface area contributed by atoms with E-state index in [4.69, 9.17) is 14.2 Å². The first kappa shape index (κ1) is 21.0. The van der Waals surface area contributed by atoms with Gasteiger partial charge in [-0.15, -0.1) is 0 Å². The number of nitrogens with zero attached hydrogens (tertiary/aromatic N) is 1. The number of aryl methyl sites for hydroxylation is 2. The van der Waals surface area contributed by atoms with Crippen molar-refractivity contribution in [3.63, 3.8) is 0 Å². The summed E-state index contributed by atoms with van der Waals surface area (Å²) in [6, 6.07) is 14.7. The highest BCUT2D eigenvalue weighted by molar-refractivity contribution is 5.77. The third-order valence-corrected chi connectivity index (χ3v) is 5.66. The maximum absolute atomic E-state index is 12.9. The number of methoxy groups -OCH3 is 3. The van der Waals surface area contributed by atoms with Gasteiger partial charge in [0.25, 0.3) is 0 Å². The lowest BCUT2D eigenvalue weighted by molar-refractivity contribution is -0.132. The summed E-state index contributed by atoms with van der Waals surface area (Å²) < 4.78 is 16.2. The maximum atomic E-state index is 12.9. The van der Waals surface area contributed by atoms with Crippen LogP contribution in [-0.2, 0) is 17.6 Å².